The van der Waals surface area contributed by atoms with Gasteiger partial charge in [0.05, 0.1) is 5.56 Å². The van der Waals surface area contributed by atoms with Gasteiger partial charge in [0.2, 0.25) is 5.91 Å². The maximum Gasteiger partial charge on any atom is 0.253 e. The Hall–Kier alpha value is -1.36. The average molecular weight is 271 g/mol. The number of primary amides is 1. The fourth-order valence-corrected chi connectivity index (χ4v) is 1.46. The highest BCUT2D eigenvalue weighted by Crippen LogP contribution is 2.15. The molecule has 0 spiro atoms. The van der Waals surface area contributed by atoms with Crippen molar-refractivity contribution in [2.45, 2.75) is 13.0 Å². The summed E-state index contributed by atoms with van der Waals surface area (Å²) in [5.41, 5.74) is 5.51. The Morgan fingerprint density at radius 1 is 1.40 bits per heavy atom. The van der Waals surface area contributed by atoms with Crippen molar-refractivity contribution in [3.63, 3.8) is 0 Å². The van der Waals surface area contributed by atoms with Crippen molar-refractivity contribution >= 4 is 27.7 Å². The molecule has 80 valence electrons. The predicted molar refractivity (Wildman–Crippen MR) is 60.3 cm³/mol. The van der Waals surface area contributed by atoms with Gasteiger partial charge in [-0.05, 0) is 35.0 Å². The number of benzene rings is 1. The van der Waals surface area contributed by atoms with Crippen LogP contribution in [-0.2, 0) is 4.79 Å². The fraction of sp³-hybridized carbons (Fsp3) is 0.200. The monoisotopic (exact) mass is 270 g/mol. The summed E-state index contributed by atoms with van der Waals surface area (Å²) in [5.74, 6) is -0.885. The van der Waals surface area contributed by atoms with Gasteiger partial charge in [-0.3, -0.25) is 9.59 Å². The predicted octanol–water partition coefficient (Wildman–Crippen LogP) is 1.05. The topological polar surface area (TPSA) is 72.2 Å². The van der Waals surface area contributed by atoms with Gasteiger partial charge in [0, 0.05) is 4.47 Å². The summed E-state index contributed by atoms with van der Waals surface area (Å²) in [6.45, 7) is 1.54. The highest BCUT2D eigenvalue weighted by molar-refractivity contribution is 9.10. The summed E-state index contributed by atoms with van der Waals surface area (Å²) < 4.78 is 0.680. The van der Waals surface area contributed by atoms with Crippen LogP contribution in [-0.4, -0.2) is 17.9 Å². The molecule has 0 unspecified atom stereocenters. The third kappa shape index (κ3) is 3.06. The van der Waals surface area contributed by atoms with Gasteiger partial charge in [0.15, 0.2) is 0 Å². The molecule has 1 aromatic rings. The zero-order chi connectivity index (χ0) is 11.4. The summed E-state index contributed by atoms with van der Waals surface area (Å²) in [4.78, 5) is 22.4. The molecule has 1 atom stereocenters. The third-order valence-electron chi connectivity index (χ3n) is 1.89. The van der Waals surface area contributed by atoms with Gasteiger partial charge in [-0.2, -0.15) is 0 Å². The second-order valence-electron chi connectivity index (χ2n) is 3.08. The summed E-state index contributed by atoms with van der Waals surface area (Å²) in [6.07, 6.45) is 0. The van der Waals surface area contributed by atoms with Crippen molar-refractivity contribution < 1.29 is 9.59 Å². The lowest BCUT2D eigenvalue weighted by molar-refractivity contribution is -0.119. The van der Waals surface area contributed by atoms with Crippen LogP contribution in [0.1, 0.15) is 17.3 Å². The first-order chi connectivity index (χ1) is 7.02. The van der Waals surface area contributed by atoms with E-state index in [-0.39, 0.29) is 5.91 Å². The molecule has 0 saturated carbocycles. The van der Waals surface area contributed by atoms with Crippen molar-refractivity contribution in [3.8, 4) is 0 Å². The largest absolute Gasteiger partial charge is 0.368 e. The number of nitrogens with one attached hydrogen (secondary N) is 1. The highest BCUT2D eigenvalue weighted by atomic mass is 79.9. The fourth-order valence-electron chi connectivity index (χ4n) is 0.991. The van der Waals surface area contributed by atoms with Gasteiger partial charge in [0.25, 0.3) is 5.91 Å². The number of rotatable bonds is 3. The maximum atomic E-state index is 11.6. The van der Waals surface area contributed by atoms with E-state index < -0.39 is 11.9 Å². The van der Waals surface area contributed by atoms with E-state index >= 15 is 0 Å². The lowest BCUT2D eigenvalue weighted by Gasteiger charge is -2.10. The minimum absolute atomic E-state index is 0.325. The Balaban J connectivity index is 2.78. The molecule has 0 heterocycles. The Bertz CT molecular complexity index is 393. The van der Waals surface area contributed by atoms with Crippen LogP contribution in [0, 0.1) is 0 Å². The second kappa shape index (κ2) is 4.93. The van der Waals surface area contributed by atoms with Crippen molar-refractivity contribution in [1.29, 1.82) is 0 Å². The molecule has 0 radical (unpaired) electrons. The molecule has 0 aliphatic heterocycles. The number of amides is 2. The van der Waals surface area contributed by atoms with E-state index in [0.717, 1.165) is 0 Å². The van der Waals surface area contributed by atoms with Gasteiger partial charge in [-0.1, -0.05) is 12.1 Å². The summed E-state index contributed by atoms with van der Waals surface area (Å²) >= 11 is 3.25. The lowest BCUT2D eigenvalue weighted by Crippen LogP contribution is -2.42. The van der Waals surface area contributed by atoms with Crippen LogP contribution in [0.4, 0.5) is 0 Å². The summed E-state index contributed by atoms with van der Waals surface area (Å²) in [5, 5.41) is 2.49. The average Bonchev–Trinajstić information content (AvgIpc) is 2.18. The number of halogens is 1. The number of carbonyl (C=O) groups is 2. The third-order valence-corrected chi connectivity index (χ3v) is 2.58. The molecule has 2 amide bonds. The summed E-state index contributed by atoms with van der Waals surface area (Å²) in [6, 6.07) is 6.29. The van der Waals surface area contributed by atoms with Gasteiger partial charge in [-0.25, -0.2) is 0 Å². The molecule has 3 N–H and O–H groups in total. The molecule has 0 aromatic heterocycles. The van der Waals surface area contributed by atoms with Gasteiger partial charge < -0.3 is 11.1 Å². The zero-order valence-corrected chi connectivity index (χ0v) is 9.74. The highest BCUT2D eigenvalue weighted by Gasteiger charge is 2.14. The molecule has 0 aliphatic rings. The van der Waals surface area contributed by atoms with Crippen LogP contribution < -0.4 is 11.1 Å². The van der Waals surface area contributed by atoms with E-state index in [1.165, 1.54) is 6.92 Å². The SMILES string of the molecule is C[C@H](NC(=O)c1ccccc1Br)C(N)=O. The van der Waals surface area contributed by atoms with Gasteiger partial charge >= 0.3 is 0 Å². The van der Waals surface area contributed by atoms with E-state index in [2.05, 4.69) is 21.2 Å². The zero-order valence-electron chi connectivity index (χ0n) is 8.16. The molecular formula is C10H11BrN2O2. The van der Waals surface area contributed by atoms with Crippen LogP contribution >= 0.6 is 15.9 Å². The van der Waals surface area contributed by atoms with E-state index in [9.17, 15) is 9.59 Å². The molecule has 0 bridgehead atoms. The van der Waals surface area contributed by atoms with Gasteiger partial charge in [-0.15, -0.1) is 0 Å². The molecular weight excluding hydrogens is 260 g/mol. The van der Waals surface area contributed by atoms with Crippen LogP contribution in [0.5, 0.6) is 0 Å². The normalized spacial score (nSPS) is 11.9. The minimum Gasteiger partial charge on any atom is -0.368 e. The van der Waals surface area contributed by atoms with Crippen molar-refractivity contribution in [3.05, 3.63) is 34.3 Å². The van der Waals surface area contributed by atoms with Crippen molar-refractivity contribution in [2.75, 3.05) is 0 Å². The minimum atomic E-state index is -0.676. The van der Waals surface area contributed by atoms with Gasteiger partial charge in [0.1, 0.15) is 6.04 Å². The second-order valence-corrected chi connectivity index (χ2v) is 3.93. The first-order valence-electron chi connectivity index (χ1n) is 4.37. The standard InChI is InChI=1S/C10H11BrN2O2/c1-6(9(12)14)13-10(15)7-4-2-3-5-8(7)11/h2-6H,1H3,(H2,12,14)(H,13,15)/t6-/m0/s1. The Labute approximate surface area is 96.0 Å². The van der Waals surface area contributed by atoms with E-state index in [4.69, 9.17) is 5.73 Å². The molecule has 1 rings (SSSR count). The van der Waals surface area contributed by atoms with E-state index in [1.807, 2.05) is 0 Å². The number of nitrogens with two attached hydrogens (primary N) is 1. The van der Waals surface area contributed by atoms with Crippen LogP contribution in [0.3, 0.4) is 0 Å². The van der Waals surface area contributed by atoms with Crippen LogP contribution in [0.25, 0.3) is 0 Å². The quantitative estimate of drug-likeness (QED) is 0.862. The Morgan fingerprint density at radius 3 is 2.53 bits per heavy atom. The lowest BCUT2D eigenvalue weighted by atomic mass is 10.2. The smallest absolute Gasteiger partial charge is 0.253 e. The Kier molecular flexibility index (Phi) is 3.85. The molecule has 0 fully saturated rings. The first-order valence-corrected chi connectivity index (χ1v) is 5.16. The summed E-state index contributed by atoms with van der Waals surface area (Å²) in [7, 11) is 0. The Morgan fingerprint density at radius 2 is 2.00 bits per heavy atom. The van der Waals surface area contributed by atoms with E-state index in [0.29, 0.717) is 10.0 Å². The number of hydrogen-bond donors (Lipinski definition) is 2. The van der Waals surface area contributed by atoms with Crippen molar-refractivity contribution in [2.24, 2.45) is 5.73 Å². The molecule has 4 nitrogen and oxygen atoms in total. The van der Waals surface area contributed by atoms with Crippen LogP contribution in [0.2, 0.25) is 0 Å². The number of carbonyl (C=O) groups excluding carboxylic acids is 2. The number of hydrogen-bond acceptors (Lipinski definition) is 2. The molecule has 5 heteroatoms. The van der Waals surface area contributed by atoms with E-state index in [1.54, 1.807) is 24.3 Å². The molecule has 1 aromatic carbocycles. The van der Waals surface area contributed by atoms with Crippen molar-refractivity contribution in [1.82, 2.24) is 5.32 Å². The van der Waals surface area contributed by atoms with Crippen LogP contribution in [0.15, 0.2) is 28.7 Å². The molecule has 0 aliphatic carbocycles. The maximum absolute atomic E-state index is 11.6. The first kappa shape index (κ1) is 11.7. The molecule has 15 heavy (non-hydrogen) atoms. The molecule has 0 saturated heterocycles.